The maximum absolute atomic E-state index is 11.6. The number of nitrogens with one attached hydrogen (secondary N) is 2. The van der Waals surface area contributed by atoms with Crippen LogP contribution in [0.5, 0.6) is 0 Å². The van der Waals surface area contributed by atoms with Gasteiger partial charge in [0, 0.05) is 30.1 Å². The van der Waals surface area contributed by atoms with E-state index in [0.29, 0.717) is 0 Å². The molecule has 0 spiro atoms. The highest BCUT2D eigenvalue weighted by molar-refractivity contribution is 6.07. The van der Waals surface area contributed by atoms with E-state index in [9.17, 15) is 14.4 Å². The molecule has 1 aromatic heterocycles. The van der Waals surface area contributed by atoms with E-state index in [4.69, 9.17) is 5.11 Å². The number of rotatable bonds is 4. The molecule has 3 amide bonds. The number of nitrogens with zero attached hydrogens (tertiary/aromatic N) is 1. The van der Waals surface area contributed by atoms with Gasteiger partial charge in [0.1, 0.15) is 0 Å². The van der Waals surface area contributed by atoms with Gasteiger partial charge in [-0.05, 0) is 31.5 Å². The summed E-state index contributed by atoms with van der Waals surface area (Å²) in [5.41, 5.74) is 0.706. The van der Waals surface area contributed by atoms with Crippen molar-refractivity contribution in [2.45, 2.75) is 20.4 Å². The van der Waals surface area contributed by atoms with E-state index in [1.54, 1.807) is 24.5 Å². The van der Waals surface area contributed by atoms with Crippen molar-refractivity contribution >= 4 is 17.9 Å². The monoisotopic (exact) mass is 277 g/mol. The van der Waals surface area contributed by atoms with E-state index in [-0.39, 0.29) is 17.7 Å². The van der Waals surface area contributed by atoms with Crippen molar-refractivity contribution < 1.29 is 19.5 Å². The molecular formula is C13H15N3O4. The number of urea groups is 1. The fourth-order valence-corrected chi connectivity index (χ4v) is 1.25. The Hall–Kier alpha value is -2.70. The second kappa shape index (κ2) is 7.03. The number of carbonyl (C=O) groups excluding carboxylic acids is 2. The Balaban J connectivity index is 2.53. The number of imide groups is 1. The van der Waals surface area contributed by atoms with Gasteiger partial charge in [0.25, 0.3) is 5.91 Å². The standard InChI is InChI=1S/C13H15N3O4/c1-8(9(2)12(18)19)11(17)16-13(20)15-7-10-3-5-14-6-4-10/h3-6H,7H2,1-2H3,(H,18,19)(H2,15,16,17,20). The number of aliphatic carboxylic acids is 1. The number of hydrogen-bond donors (Lipinski definition) is 3. The van der Waals surface area contributed by atoms with Crippen LogP contribution < -0.4 is 10.6 Å². The molecule has 0 fully saturated rings. The molecule has 0 aliphatic rings. The van der Waals surface area contributed by atoms with Gasteiger partial charge in [-0.3, -0.25) is 15.1 Å². The summed E-state index contributed by atoms with van der Waals surface area (Å²) in [4.78, 5) is 37.6. The van der Waals surface area contributed by atoms with Crippen LogP contribution >= 0.6 is 0 Å². The molecule has 1 aromatic rings. The Morgan fingerprint density at radius 2 is 1.75 bits per heavy atom. The predicted octanol–water partition coefficient (Wildman–Crippen LogP) is 0.828. The lowest BCUT2D eigenvalue weighted by molar-refractivity contribution is -0.133. The van der Waals surface area contributed by atoms with Crippen LogP contribution in [0.4, 0.5) is 4.79 Å². The van der Waals surface area contributed by atoms with Crippen LogP contribution in [-0.2, 0) is 16.1 Å². The van der Waals surface area contributed by atoms with Crippen molar-refractivity contribution in [3.8, 4) is 0 Å². The Labute approximate surface area is 115 Å². The van der Waals surface area contributed by atoms with Crippen LogP contribution in [0, 0.1) is 0 Å². The Kier molecular flexibility index (Phi) is 5.40. The van der Waals surface area contributed by atoms with E-state index in [1.165, 1.54) is 13.8 Å². The van der Waals surface area contributed by atoms with Crippen molar-refractivity contribution in [1.29, 1.82) is 0 Å². The first-order valence-corrected chi connectivity index (χ1v) is 5.80. The first-order valence-electron chi connectivity index (χ1n) is 5.80. The van der Waals surface area contributed by atoms with E-state index in [2.05, 4.69) is 15.6 Å². The molecule has 0 unspecified atom stereocenters. The number of hydrogen-bond acceptors (Lipinski definition) is 4. The lowest BCUT2D eigenvalue weighted by Crippen LogP contribution is -2.39. The number of carbonyl (C=O) groups is 3. The minimum Gasteiger partial charge on any atom is -0.478 e. The van der Waals surface area contributed by atoms with Crippen LogP contribution in [0.1, 0.15) is 19.4 Å². The maximum atomic E-state index is 11.6. The molecule has 0 atom stereocenters. The number of carboxylic acids is 1. The summed E-state index contributed by atoms with van der Waals surface area (Å²) < 4.78 is 0. The molecule has 1 heterocycles. The lowest BCUT2D eigenvalue weighted by atomic mass is 10.1. The van der Waals surface area contributed by atoms with Gasteiger partial charge >= 0.3 is 12.0 Å². The third-order valence-corrected chi connectivity index (χ3v) is 2.65. The molecule has 7 nitrogen and oxygen atoms in total. The molecule has 7 heteroatoms. The van der Waals surface area contributed by atoms with Crippen molar-refractivity contribution in [3.63, 3.8) is 0 Å². The molecule has 0 aliphatic carbocycles. The summed E-state index contributed by atoms with van der Waals surface area (Å²) in [5, 5.41) is 13.3. The predicted molar refractivity (Wildman–Crippen MR) is 70.6 cm³/mol. The lowest BCUT2D eigenvalue weighted by Gasteiger charge is -2.07. The van der Waals surface area contributed by atoms with Crippen molar-refractivity contribution in [2.75, 3.05) is 0 Å². The zero-order chi connectivity index (χ0) is 15.1. The zero-order valence-corrected chi connectivity index (χ0v) is 11.1. The third-order valence-electron chi connectivity index (χ3n) is 2.65. The van der Waals surface area contributed by atoms with Gasteiger partial charge in [-0.1, -0.05) is 0 Å². The van der Waals surface area contributed by atoms with Crippen LogP contribution in [0.15, 0.2) is 35.7 Å². The molecule has 0 radical (unpaired) electrons. The topological polar surface area (TPSA) is 108 Å². The van der Waals surface area contributed by atoms with Crippen LogP contribution in [0.25, 0.3) is 0 Å². The Morgan fingerprint density at radius 1 is 1.15 bits per heavy atom. The second-order valence-electron chi connectivity index (χ2n) is 4.05. The van der Waals surface area contributed by atoms with E-state index >= 15 is 0 Å². The first kappa shape index (κ1) is 15.4. The molecule has 0 bridgehead atoms. The van der Waals surface area contributed by atoms with Gasteiger partial charge in [0.15, 0.2) is 0 Å². The maximum Gasteiger partial charge on any atom is 0.331 e. The van der Waals surface area contributed by atoms with Crippen LogP contribution in [0.2, 0.25) is 0 Å². The molecule has 3 N–H and O–H groups in total. The fourth-order valence-electron chi connectivity index (χ4n) is 1.25. The van der Waals surface area contributed by atoms with Gasteiger partial charge in [-0.2, -0.15) is 0 Å². The fraction of sp³-hybridized carbons (Fsp3) is 0.231. The van der Waals surface area contributed by atoms with Crippen LogP contribution in [-0.4, -0.2) is 28.0 Å². The highest BCUT2D eigenvalue weighted by atomic mass is 16.4. The van der Waals surface area contributed by atoms with E-state index < -0.39 is 17.9 Å². The largest absolute Gasteiger partial charge is 0.478 e. The molecular weight excluding hydrogens is 262 g/mol. The summed E-state index contributed by atoms with van der Waals surface area (Å²) in [6.07, 6.45) is 3.17. The number of carboxylic acid groups (broad SMARTS) is 1. The van der Waals surface area contributed by atoms with Gasteiger partial charge < -0.3 is 10.4 Å². The Bertz CT molecular complexity index is 552. The van der Waals surface area contributed by atoms with Gasteiger partial charge in [0.05, 0.1) is 0 Å². The highest BCUT2D eigenvalue weighted by Gasteiger charge is 2.14. The molecule has 20 heavy (non-hydrogen) atoms. The van der Waals surface area contributed by atoms with Crippen molar-refractivity contribution in [2.24, 2.45) is 0 Å². The smallest absolute Gasteiger partial charge is 0.331 e. The minimum absolute atomic E-state index is 0.0171. The molecule has 0 saturated heterocycles. The zero-order valence-electron chi connectivity index (χ0n) is 11.1. The second-order valence-corrected chi connectivity index (χ2v) is 4.05. The van der Waals surface area contributed by atoms with Crippen molar-refractivity contribution in [3.05, 3.63) is 41.2 Å². The van der Waals surface area contributed by atoms with Gasteiger partial charge in [-0.15, -0.1) is 0 Å². The average molecular weight is 277 g/mol. The van der Waals surface area contributed by atoms with E-state index in [0.717, 1.165) is 5.56 Å². The Morgan fingerprint density at radius 3 is 2.30 bits per heavy atom. The van der Waals surface area contributed by atoms with Gasteiger partial charge in [-0.25, -0.2) is 9.59 Å². The molecule has 0 aliphatic heterocycles. The number of aromatic nitrogens is 1. The molecule has 1 rings (SSSR count). The summed E-state index contributed by atoms with van der Waals surface area (Å²) in [7, 11) is 0. The number of pyridine rings is 1. The first-order chi connectivity index (χ1) is 9.41. The van der Waals surface area contributed by atoms with Crippen LogP contribution in [0.3, 0.4) is 0 Å². The minimum atomic E-state index is -1.20. The SMILES string of the molecule is CC(C(=O)O)=C(C)C(=O)NC(=O)NCc1ccncc1. The molecule has 0 saturated carbocycles. The summed E-state index contributed by atoms with van der Waals surface area (Å²) >= 11 is 0. The average Bonchev–Trinajstić information content (AvgIpc) is 2.44. The third kappa shape index (κ3) is 4.52. The molecule has 0 aromatic carbocycles. The quantitative estimate of drug-likeness (QED) is 0.706. The van der Waals surface area contributed by atoms with Crippen molar-refractivity contribution in [1.82, 2.24) is 15.6 Å². The summed E-state index contributed by atoms with van der Waals surface area (Å²) in [6.45, 7) is 2.88. The number of amides is 3. The van der Waals surface area contributed by atoms with Gasteiger partial charge in [0.2, 0.25) is 0 Å². The summed E-state index contributed by atoms with van der Waals surface area (Å²) in [6, 6.07) is 2.76. The normalized spacial score (nSPS) is 11.3. The molecule has 106 valence electrons. The highest BCUT2D eigenvalue weighted by Crippen LogP contribution is 2.03. The van der Waals surface area contributed by atoms with E-state index in [1.807, 2.05) is 0 Å². The summed E-state index contributed by atoms with van der Waals surface area (Å²) in [5.74, 6) is -1.94.